The standard InChI is InChI=1S/C53H63N13O15S2/c54-33(21-67)45(72)65-42(23-82)52(79)63-40(17-44(70)71)50(77)64-41(22-68)51(78)61-37(14-27-18-56-34-7-3-1-5-31(27)34)47(74)62-39(16-29-20-55-25-58-29)49(76)59-36(13-26-9-11-30(69)12-10-26)46(73)60-38(48(75)66-43(24-83)53(80)81)15-28-19-57-35-8-4-2-6-32(28)35/h1-12,18-20,25,33,36-43,56-57,67-69,82-83H,13-17,21-24,54H2,(H,55,58)(H,59,76)(H,60,73)(H,61,78)(H,62,74)(H,63,79)(H,64,77)(H,65,72)(H,66,75)(H,70,71)(H,80,81)/t33-,36-,37-,38-,39-,40-,41-,42-,43-/m0/s1. The number of phenolic OH excluding ortho intramolecular Hbond substituents is 1. The molecule has 30 heteroatoms. The van der Waals surface area contributed by atoms with E-state index in [0.717, 1.165) is 0 Å². The van der Waals surface area contributed by atoms with Crippen LogP contribution >= 0.6 is 25.3 Å². The Morgan fingerprint density at radius 2 is 0.916 bits per heavy atom. The van der Waals surface area contributed by atoms with Crippen LogP contribution in [0, 0.1) is 0 Å². The number of fused-ring (bicyclic) bond motifs is 2. The second-order valence-corrected chi connectivity index (χ2v) is 19.8. The zero-order valence-electron chi connectivity index (χ0n) is 44.0. The molecule has 9 atom stereocenters. The van der Waals surface area contributed by atoms with Crippen LogP contribution in [0.1, 0.15) is 28.8 Å². The number of aromatic hydroxyl groups is 1. The lowest BCUT2D eigenvalue weighted by Crippen LogP contribution is -2.62. The summed E-state index contributed by atoms with van der Waals surface area (Å²) in [6.07, 6.45) is 3.74. The average molecular weight is 1190 g/mol. The summed E-state index contributed by atoms with van der Waals surface area (Å²) >= 11 is 8.09. The fourth-order valence-electron chi connectivity index (χ4n) is 8.59. The summed E-state index contributed by atoms with van der Waals surface area (Å²) in [5, 5.41) is 70.0. The van der Waals surface area contributed by atoms with Crippen LogP contribution < -0.4 is 48.3 Å². The lowest BCUT2D eigenvalue weighted by molar-refractivity contribution is -0.142. The van der Waals surface area contributed by atoms with Crippen molar-refractivity contribution in [2.45, 2.75) is 86.5 Å². The Labute approximate surface area is 483 Å². The smallest absolute Gasteiger partial charge is 0.327 e. The van der Waals surface area contributed by atoms with Gasteiger partial charge in [-0.1, -0.05) is 48.5 Å². The molecule has 0 fully saturated rings. The van der Waals surface area contributed by atoms with Crippen molar-refractivity contribution in [1.82, 2.24) is 62.5 Å². The van der Waals surface area contributed by atoms with Crippen molar-refractivity contribution in [2.24, 2.45) is 5.73 Å². The van der Waals surface area contributed by atoms with Crippen LogP contribution in [0.2, 0.25) is 0 Å². The number of aliphatic hydroxyl groups is 2. The first-order valence-corrected chi connectivity index (χ1v) is 26.9. The number of H-pyrrole nitrogens is 3. The van der Waals surface area contributed by atoms with Gasteiger partial charge in [0.2, 0.25) is 47.3 Å². The SMILES string of the molecule is N[C@@H](CO)C(=O)N[C@@H](CS)C(=O)N[C@@H](CC(=O)O)C(=O)N[C@@H](CO)C(=O)N[C@@H](Cc1c[nH]c2ccccc12)C(=O)N[C@@H](Cc1cnc[nH]1)C(=O)N[C@@H](Cc1ccc(O)cc1)C(=O)N[C@@H](Cc1c[nH]c2ccccc12)C(=O)N[C@@H](CS)C(=O)O. The number of carbonyl (C=O) groups excluding carboxylic acids is 8. The highest BCUT2D eigenvalue weighted by atomic mass is 32.1. The molecule has 0 bridgehead atoms. The summed E-state index contributed by atoms with van der Waals surface area (Å²) in [6, 6.07) is 5.22. The highest BCUT2D eigenvalue weighted by Crippen LogP contribution is 2.22. The van der Waals surface area contributed by atoms with E-state index in [0.29, 0.717) is 44.2 Å². The van der Waals surface area contributed by atoms with Crippen LogP contribution in [-0.4, -0.2) is 184 Å². The zero-order chi connectivity index (χ0) is 60.3. The highest BCUT2D eigenvalue weighted by molar-refractivity contribution is 7.80. The highest BCUT2D eigenvalue weighted by Gasteiger charge is 2.36. The maximum Gasteiger partial charge on any atom is 0.327 e. The molecule has 83 heavy (non-hydrogen) atoms. The summed E-state index contributed by atoms with van der Waals surface area (Å²) < 4.78 is 0. The minimum absolute atomic E-state index is 0.116. The van der Waals surface area contributed by atoms with Gasteiger partial charge in [-0.3, -0.25) is 43.2 Å². The number of aliphatic carboxylic acids is 2. The number of hydrogen-bond donors (Lipinski definition) is 19. The second kappa shape index (κ2) is 30.2. The van der Waals surface area contributed by atoms with Crippen molar-refractivity contribution in [3.05, 3.63) is 120 Å². The largest absolute Gasteiger partial charge is 0.508 e. The number of nitrogens with one attached hydrogen (secondary N) is 11. The monoisotopic (exact) mass is 1190 g/mol. The van der Waals surface area contributed by atoms with Crippen LogP contribution in [0.4, 0.5) is 0 Å². The quantitative estimate of drug-likeness (QED) is 0.0192. The summed E-state index contributed by atoms with van der Waals surface area (Å²) in [4.78, 5) is 149. The summed E-state index contributed by atoms with van der Waals surface area (Å²) in [7, 11) is 0. The fraction of sp³-hybridized carbons (Fsp3) is 0.340. The number of nitrogens with two attached hydrogens (primary N) is 1. The number of aromatic nitrogens is 4. The molecule has 0 aliphatic rings. The molecule has 3 aromatic heterocycles. The first kappa shape index (κ1) is 63.2. The first-order chi connectivity index (χ1) is 39.7. The molecule has 0 saturated carbocycles. The molecule has 3 heterocycles. The van der Waals surface area contributed by atoms with E-state index in [1.54, 1.807) is 60.9 Å². The van der Waals surface area contributed by atoms with Gasteiger partial charge in [-0.05, 0) is 41.0 Å². The van der Waals surface area contributed by atoms with E-state index in [9.17, 15) is 73.5 Å². The number of imidazole rings is 1. The Morgan fingerprint density at radius 3 is 1.37 bits per heavy atom. The number of nitrogens with zero attached hydrogens (tertiary/aromatic N) is 1. The molecule has 0 aliphatic heterocycles. The third-order valence-electron chi connectivity index (χ3n) is 13.1. The Kier molecular flexibility index (Phi) is 23.0. The maximum absolute atomic E-state index is 14.8. The normalized spacial score (nSPS) is 14.5. The number of amides is 8. The van der Waals surface area contributed by atoms with Crippen molar-refractivity contribution in [3.8, 4) is 5.75 Å². The van der Waals surface area contributed by atoms with Crippen LogP contribution in [-0.2, 0) is 73.6 Å². The molecule has 8 amide bonds. The van der Waals surface area contributed by atoms with Crippen LogP contribution in [0.15, 0.2) is 97.7 Å². The van der Waals surface area contributed by atoms with Gasteiger partial charge in [0, 0.05) is 83.3 Å². The molecule has 0 aliphatic carbocycles. The van der Waals surface area contributed by atoms with Gasteiger partial charge in [0.05, 0.1) is 26.0 Å². The van der Waals surface area contributed by atoms with Gasteiger partial charge in [-0.15, -0.1) is 0 Å². The molecule has 18 N–H and O–H groups in total. The number of rotatable bonds is 31. The number of aliphatic hydroxyl groups excluding tert-OH is 2. The molecule has 0 unspecified atom stereocenters. The second-order valence-electron chi connectivity index (χ2n) is 19.0. The van der Waals surface area contributed by atoms with Gasteiger partial charge in [0.1, 0.15) is 60.1 Å². The van der Waals surface area contributed by atoms with E-state index in [1.807, 2.05) is 0 Å². The van der Waals surface area contributed by atoms with E-state index in [4.69, 9.17) is 5.73 Å². The number of phenols is 1. The number of carboxylic acid groups (broad SMARTS) is 2. The summed E-state index contributed by atoms with van der Waals surface area (Å²) in [6.45, 7) is -1.93. The molecule has 3 aromatic carbocycles. The average Bonchev–Trinajstić information content (AvgIpc) is 4.48. The summed E-state index contributed by atoms with van der Waals surface area (Å²) in [5.41, 5.74) is 8.62. The number of para-hydroxylation sites is 2. The Bertz CT molecular complexity index is 3270. The minimum Gasteiger partial charge on any atom is -0.508 e. The lowest BCUT2D eigenvalue weighted by Gasteiger charge is -2.28. The number of carboxylic acids is 2. The van der Waals surface area contributed by atoms with Crippen molar-refractivity contribution in [3.63, 3.8) is 0 Å². The van der Waals surface area contributed by atoms with Crippen molar-refractivity contribution >= 4 is 106 Å². The molecule has 442 valence electrons. The van der Waals surface area contributed by atoms with E-state index >= 15 is 0 Å². The molecule has 6 aromatic rings. The molecule has 0 saturated heterocycles. The van der Waals surface area contributed by atoms with Gasteiger partial charge >= 0.3 is 11.9 Å². The minimum atomic E-state index is -1.93. The van der Waals surface area contributed by atoms with E-state index in [2.05, 4.69) is 87.7 Å². The van der Waals surface area contributed by atoms with Crippen molar-refractivity contribution in [2.75, 3.05) is 24.7 Å². The van der Waals surface area contributed by atoms with Crippen LogP contribution in [0.25, 0.3) is 21.8 Å². The lowest BCUT2D eigenvalue weighted by atomic mass is 10.0. The molecular formula is C53H63N13O15S2. The third kappa shape index (κ3) is 17.8. The predicted octanol–water partition coefficient (Wildman–Crippen LogP) is -3.04. The Hall–Kier alpha value is -8.97. The molecular weight excluding hydrogens is 1120 g/mol. The van der Waals surface area contributed by atoms with Crippen LogP contribution in [0.3, 0.4) is 0 Å². The van der Waals surface area contributed by atoms with E-state index < -0.39 is 133 Å². The summed E-state index contributed by atoms with van der Waals surface area (Å²) in [5.74, 6) is -12.2. The fourth-order valence-corrected chi connectivity index (χ4v) is 9.09. The number of aromatic amines is 3. The van der Waals surface area contributed by atoms with E-state index in [1.165, 1.54) is 36.8 Å². The van der Waals surface area contributed by atoms with Gasteiger partial charge in [-0.25, -0.2) is 9.78 Å². The first-order valence-electron chi connectivity index (χ1n) is 25.6. The zero-order valence-corrected chi connectivity index (χ0v) is 45.8. The van der Waals surface area contributed by atoms with Crippen LogP contribution in [0.5, 0.6) is 5.75 Å². The topological polar surface area (TPSA) is 454 Å². The van der Waals surface area contributed by atoms with Gasteiger partial charge < -0.3 is 88.8 Å². The van der Waals surface area contributed by atoms with Gasteiger partial charge in [0.25, 0.3) is 0 Å². The number of benzene rings is 3. The molecule has 0 spiro atoms. The maximum atomic E-state index is 14.8. The third-order valence-corrected chi connectivity index (χ3v) is 13.8. The Balaban J connectivity index is 1.29. The predicted molar refractivity (Wildman–Crippen MR) is 303 cm³/mol. The Morgan fingerprint density at radius 1 is 0.494 bits per heavy atom. The number of hydrogen-bond acceptors (Lipinski definition) is 17. The van der Waals surface area contributed by atoms with E-state index in [-0.39, 0.29) is 42.9 Å². The molecule has 6 rings (SSSR count). The van der Waals surface area contributed by atoms with Crippen molar-refractivity contribution < 1.29 is 73.5 Å². The van der Waals surface area contributed by atoms with Gasteiger partial charge in [-0.2, -0.15) is 25.3 Å². The number of carbonyl (C=O) groups is 10. The van der Waals surface area contributed by atoms with Crippen molar-refractivity contribution in [1.29, 1.82) is 0 Å². The van der Waals surface area contributed by atoms with Gasteiger partial charge in [0.15, 0.2) is 0 Å². The number of thiol groups is 2. The molecule has 0 radical (unpaired) electrons. The molecule has 28 nitrogen and oxygen atoms in total.